The highest BCUT2D eigenvalue weighted by molar-refractivity contribution is 6.34. The lowest BCUT2D eigenvalue weighted by molar-refractivity contribution is -0.139. The molecule has 1 aliphatic rings. The first kappa shape index (κ1) is 18.5. The number of carboxylic acid groups (broad SMARTS) is 1. The van der Waals surface area contributed by atoms with E-state index in [1.54, 1.807) is 42.5 Å². The average Bonchev–Trinajstić information content (AvgIpc) is 3.01. The van der Waals surface area contributed by atoms with Crippen LogP contribution in [-0.4, -0.2) is 36.7 Å². The Hall–Kier alpha value is -3.32. The van der Waals surface area contributed by atoms with Gasteiger partial charge in [-0.1, -0.05) is 29.8 Å². The van der Waals surface area contributed by atoms with E-state index < -0.39 is 18.5 Å². The Morgan fingerprint density at radius 3 is 2.74 bits per heavy atom. The zero-order valence-electron chi connectivity index (χ0n) is 14.1. The fourth-order valence-electron chi connectivity index (χ4n) is 2.35. The van der Waals surface area contributed by atoms with Gasteiger partial charge in [-0.2, -0.15) is 0 Å². The minimum atomic E-state index is -1.10. The highest BCUT2D eigenvalue weighted by Gasteiger charge is 2.25. The van der Waals surface area contributed by atoms with Crippen molar-refractivity contribution in [2.24, 2.45) is 4.99 Å². The molecular weight excluding hydrogens is 374 g/mol. The monoisotopic (exact) mass is 387 g/mol. The minimum absolute atomic E-state index is 0.103. The number of aliphatic carboxylic acids is 1. The zero-order chi connectivity index (χ0) is 19.4. The van der Waals surface area contributed by atoms with E-state index in [2.05, 4.69) is 4.99 Å². The number of aliphatic imine (C=N–C) groups is 1. The predicted octanol–water partition coefficient (Wildman–Crippen LogP) is 3.16. The number of ether oxygens (including phenoxy) is 3. The Labute approximate surface area is 159 Å². The molecule has 0 aromatic heterocycles. The minimum Gasteiger partial charge on any atom is -0.493 e. The highest BCUT2D eigenvalue weighted by Crippen LogP contribution is 2.30. The van der Waals surface area contributed by atoms with Gasteiger partial charge in [-0.05, 0) is 35.9 Å². The van der Waals surface area contributed by atoms with Crippen LogP contribution >= 0.6 is 11.6 Å². The van der Waals surface area contributed by atoms with Crippen LogP contribution < -0.4 is 9.47 Å². The number of esters is 1. The standard InChI is InChI=1S/C19H14ClNO6/c1-25-16-9-11(6-7-15(16)26-10-17(22)23)8-14-19(24)27-18(21-14)12-4-2-3-5-13(12)20/h2-9H,10H2,1H3,(H,22,23). The van der Waals surface area contributed by atoms with E-state index in [-0.39, 0.29) is 17.3 Å². The first-order valence-electron chi connectivity index (χ1n) is 7.78. The normalized spacial score (nSPS) is 14.7. The number of rotatable bonds is 6. The SMILES string of the molecule is COc1cc(C=C2N=C(c3ccccc3Cl)OC2=O)ccc1OCC(=O)O. The number of carbonyl (C=O) groups excluding carboxylic acids is 1. The molecule has 0 saturated carbocycles. The van der Waals surface area contributed by atoms with Crippen molar-refractivity contribution in [1.82, 2.24) is 0 Å². The number of carbonyl (C=O) groups is 2. The number of cyclic esters (lactones) is 1. The highest BCUT2D eigenvalue weighted by atomic mass is 35.5. The van der Waals surface area contributed by atoms with Crippen LogP contribution in [0.4, 0.5) is 0 Å². The number of hydrogen-bond donors (Lipinski definition) is 1. The molecule has 0 aliphatic carbocycles. The molecule has 1 N–H and O–H groups in total. The maximum Gasteiger partial charge on any atom is 0.363 e. The molecule has 0 saturated heterocycles. The number of nitrogens with zero attached hydrogens (tertiary/aromatic N) is 1. The van der Waals surface area contributed by atoms with Gasteiger partial charge in [0.15, 0.2) is 23.8 Å². The summed E-state index contributed by atoms with van der Waals surface area (Å²) in [5, 5.41) is 9.12. The summed E-state index contributed by atoms with van der Waals surface area (Å²) in [6.07, 6.45) is 1.52. The lowest BCUT2D eigenvalue weighted by atomic mass is 10.1. The molecule has 0 amide bonds. The molecule has 138 valence electrons. The molecule has 0 bridgehead atoms. The fraction of sp³-hybridized carbons (Fsp3) is 0.105. The summed E-state index contributed by atoms with van der Waals surface area (Å²) >= 11 is 6.11. The third kappa shape index (κ3) is 4.27. The van der Waals surface area contributed by atoms with Crippen LogP contribution in [0.5, 0.6) is 11.5 Å². The van der Waals surface area contributed by atoms with Crippen molar-refractivity contribution in [2.45, 2.75) is 0 Å². The summed E-state index contributed by atoms with van der Waals surface area (Å²) in [6.45, 7) is -0.491. The average molecular weight is 388 g/mol. The van der Waals surface area contributed by atoms with Gasteiger partial charge in [0.2, 0.25) is 5.90 Å². The third-order valence-electron chi connectivity index (χ3n) is 3.57. The van der Waals surface area contributed by atoms with Crippen LogP contribution in [0.1, 0.15) is 11.1 Å². The molecule has 3 rings (SSSR count). The van der Waals surface area contributed by atoms with Crippen LogP contribution in [0.3, 0.4) is 0 Å². The fourth-order valence-corrected chi connectivity index (χ4v) is 2.57. The molecule has 0 fully saturated rings. The molecule has 2 aromatic rings. The summed E-state index contributed by atoms with van der Waals surface area (Å²) in [7, 11) is 1.43. The number of carboxylic acids is 1. The van der Waals surface area contributed by atoms with Crippen molar-refractivity contribution >= 4 is 35.5 Å². The molecule has 2 aromatic carbocycles. The second-order valence-electron chi connectivity index (χ2n) is 5.41. The number of halogens is 1. The van der Waals surface area contributed by atoms with Crippen LogP contribution in [0.15, 0.2) is 53.2 Å². The van der Waals surface area contributed by atoms with Crippen LogP contribution in [0, 0.1) is 0 Å². The summed E-state index contributed by atoms with van der Waals surface area (Å²) in [6, 6.07) is 11.7. The topological polar surface area (TPSA) is 94.4 Å². The molecule has 0 atom stereocenters. The molecule has 27 heavy (non-hydrogen) atoms. The Bertz CT molecular complexity index is 966. The van der Waals surface area contributed by atoms with Crippen molar-refractivity contribution in [3.05, 3.63) is 64.3 Å². The lowest BCUT2D eigenvalue weighted by Gasteiger charge is -2.09. The first-order chi connectivity index (χ1) is 13.0. The zero-order valence-corrected chi connectivity index (χ0v) is 14.9. The van der Waals surface area contributed by atoms with Crippen molar-refractivity contribution in [3.8, 4) is 11.5 Å². The van der Waals surface area contributed by atoms with E-state index in [1.807, 2.05) is 0 Å². The number of methoxy groups -OCH3 is 1. The van der Waals surface area contributed by atoms with Crippen LogP contribution in [0.25, 0.3) is 6.08 Å². The van der Waals surface area contributed by atoms with Crippen molar-refractivity contribution in [2.75, 3.05) is 13.7 Å². The second-order valence-corrected chi connectivity index (χ2v) is 5.82. The number of hydrogen-bond acceptors (Lipinski definition) is 6. The smallest absolute Gasteiger partial charge is 0.363 e. The maximum absolute atomic E-state index is 12.1. The van der Waals surface area contributed by atoms with E-state index >= 15 is 0 Å². The summed E-state index contributed by atoms with van der Waals surface area (Å²) in [5.74, 6) is -0.970. The van der Waals surface area contributed by atoms with Gasteiger partial charge in [-0.3, -0.25) is 0 Å². The number of benzene rings is 2. The largest absolute Gasteiger partial charge is 0.493 e. The van der Waals surface area contributed by atoms with Gasteiger partial charge in [-0.25, -0.2) is 14.6 Å². The van der Waals surface area contributed by atoms with Gasteiger partial charge in [0, 0.05) is 0 Å². The Balaban J connectivity index is 1.88. The maximum atomic E-state index is 12.1. The van der Waals surface area contributed by atoms with Crippen molar-refractivity contribution in [1.29, 1.82) is 0 Å². The van der Waals surface area contributed by atoms with Gasteiger partial charge < -0.3 is 19.3 Å². The third-order valence-corrected chi connectivity index (χ3v) is 3.90. The molecular formula is C19H14ClNO6. The molecule has 8 heteroatoms. The predicted molar refractivity (Wildman–Crippen MR) is 98.2 cm³/mol. The van der Waals surface area contributed by atoms with Gasteiger partial charge >= 0.3 is 11.9 Å². The second kappa shape index (κ2) is 7.92. The quantitative estimate of drug-likeness (QED) is 0.604. The molecule has 0 unspecified atom stereocenters. The summed E-state index contributed by atoms with van der Waals surface area (Å²) < 4.78 is 15.5. The summed E-state index contributed by atoms with van der Waals surface area (Å²) in [4.78, 5) is 26.9. The van der Waals surface area contributed by atoms with E-state index in [0.29, 0.717) is 21.9 Å². The molecule has 0 spiro atoms. The Morgan fingerprint density at radius 1 is 1.26 bits per heavy atom. The molecule has 0 radical (unpaired) electrons. The van der Waals surface area contributed by atoms with E-state index in [4.69, 9.17) is 30.9 Å². The Kier molecular flexibility index (Phi) is 5.42. The summed E-state index contributed by atoms with van der Waals surface area (Å²) in [5.41, 5.74) is 1.22. The van der Waals surface area contributed by atoms with Gasteiger partial charge in [0.1, 0.15) is 0 Å². The van der Waals surface area contributed by atoms with Gasteiger partial charge in [0.05, 0.1) is 17.7 Å². The Morgan fingerprint density at radius 2 is 2.04 bits per heavy atom. The van der Waals surface area contributed by atoms with E-state index in [0.717, 1.165) is 0 Å². The molecule has 1 heterocycles. The van der Waals surface area contributed by atoms with Crippen LogP contribution in [-0.2, 0) is 14.3 Å². The van der Waals surface area contributed by atoms with Crippen molar-refractivity contribution < 1.29 is 28.9 Å². The van der Waals surface area contributed by atoms with Crippen LogP contribution in [0.2, 0.25) is 5.02 Å². The molecule has 1 aliphatic heterocycles. The van der Waals surface area contributed by atoms with E-state index in [1.165, 1.54) is 13.2 Å². The lowest BCUT2D eigenvalue weighted by Crippen LogP contribution is -2.10. The van der Waals surface area contributed by atoms with Crippen molar-refractivity contribution in [3.63, 3.8) is 0 Å². The molecule has 7 nitrogen and oxygen atoms in total. The van der Waals surface area contributed by atoms with E-state index in [9.17, 15) is 9.59 Å². The first-order valence-corrected chi connectivity index (χ1v) is 8.16. The van der Waals surface area contributed by atoms with Gasteiger partial charge in [0.25, 0.3) is 0 Å². The van der Waals surface area contributed by atoms with Gasteiger partial charge in [-0.15, -0.1) is 0 Å².